The van der Waals surface area contributed by atoms with Crippen molar-refractivity contribution < 1.29 is 9.53 Å². The minimum Gasteiger partial charge on any atom is -0.490 e. The maximum atomic E-state index is 11.5. The summed E-state index contributed by atoms with van der Waals surface area (Å²) in [5, 5.41) is 2.53. The van der Waals surface area contributed by atoms with E-state index in [0.717, 1.165) is 17.7 Å². The van der Waals surface area contributed by atoms with Crippen LogP contribution in [0, 0.1) is 6.92 Å². The molecule has 1 rings (SSSR count). The molecule has 1 aromatic rings. The van der Waals surface area contributed by atoms with Gasteiger partial charge in [0.05, 0.1) is 6.10 Å². The monoisotopic (exact) mass is 323 g/mol. The number of rotatable bonds is 4. The lowest BCUT2D eigenvalue weighted by Crippen LogP contribution is -2.26. The number of anilines is 1. The van der Waals surface area contributed by atoms with Crippen LogP contribution in [0.3, 0.4) is 0 Å². The highest BCUT2D eigenvalue weighted by Gasteiger charge is 2.30. The number of hydrogen-bond acceptors (Lipinski definition) is 2. The molecule has 0 saturated carbocycles. The van der Waals surface area contributed by atoms with Crippen LogP contribution in [0.1, 0.15) is 25.8 Å². The Labute approximate surface area is 128 Å². The first kappa shape index (κ1) is 16.4. The molecule has 3 nitrogen and oxygen atoms in total. The largest absolute Gasteiger partial charge is 0.490 e. The number of carbonyl (C=O) groups excluding carboxylic acids is 1. The summed E-state index contributed by atoms with van der Waals surface area (Å²) in [5.41, 5.74) is 1.47. The van der Waals surface area contributed by atoms with Gasteiger partial charge in [-0.05, 0) is 44.0 Å². The van der Waals surface area contributed by atoms with Crippen molar-refractivity contribution in [2.75, 3.05) is 5.32 Å². The first-order valence-corrected chi connectivity index (χ1v) is 7.03. The van der Waals surface area contributed by atoms with Gasteiger partial charge in [-0.1, -0.05) is 41.7 Å². The number of ether oxygens (including phenoxy) is 1. The minimum absolute atomic E-state index is 0.139. The Morgan fingerprint density at radius 2 is 2.05 bits per heavy atom. The van der Waals surface area contributed by atoms with Crippen molar-refractivity contribution in [3.8, 4) is 5.75 Å². The molecule has 19 heavy (non-hydrogen) atoms. The van der Waals surface area contributed by atoms with E-state index in [-0.39, 0.29) is 6.10 Å². The first-order chi connectivity index (χ1) is 8.74. The predicted octanol–water partition coefficient (Wildman–Crippen LogP) is 4.48. The zero-order valence-corrected chi connectivity index (χ0v) is 13.2. The average Bonchev–Trinajstić information content (AvgIpc) is 2.31. The van der Waals surface area contributed by atoms with Crippen molar-refractivity contribution in [2.45, 2.75) is 37.1 Å². The second-order valence-electron chi connectivity index (χ2n) is 4.27. The molecule has 1 amide bonds. The van der Waals surface area contributed by atoms with E-state index in [1.807, 2.05) is 13.8 Å². The number of benzene rings is 1. The summed E-state index contributed by atoms with van der Waals surface area (Å²) in [6.45, 7) is 5.94. The van der Waals surface area contributed by atoms with E-state index in [0.29, 0.717) is 5.69 Å². The molecule has 0 bridgehead atoms. The van der Waals surface area contributed by atoms with E-state index in [1.165, 1.54) is 0 Å². The van der Waals surface area contributed by atoms with Crippen LogP contribution >= 0.6 is 34.8 Å². The number of carbonyl (C=O) groups is 1. The van der Waals surface area contributed by atoms with Gasteiger partial charge < -0.3 is 10.1 Å². The SMILES string of the molecule is CC[C@H](C)Oc1ccc(NC(=O)C(Cl)(Cl)Cl)cc1C. The molecule has 0 aliphatic heterocycles. The number of nitrogens with one attached hydrogen (secondary N) is 1. The Morgan fingerprint density at radius 3 is 2.53 bits per heavy atom. The molecule has 6 heteroatoms. The highest BCUT2D eigenvalue weighted by Crippen LogP contribution is 2.29. The van der Waals surface area contributed by atoms with Gasteiger partial charge in [-0.2, -0.15) is 0 Å². The van der Waals surface area contributed by atoms with Gasteiger partial charge in [0.25, 0.3) is 9.70 Å². The molecule has 1 atom stereocenters. The molecule has 0 spiro atoms. The summed E-state index contributed by atoms with van der Waals surface area (Å²) in [6.07, 6.45) is 1.06. The third-order valence-electron chi connectivity index (χ3n) is 2.59. The Hall–Kier alpha value is -0.640. The fraction of sp³-hybridized carbons (Fsp3) is 0.462. The zero-order chi connectivity index (χ0) is 14.6. The predicted molar refractivity (Wildman–Crippen MR) is 80.5 cm³/mol. The summed E-state index contributed by atoms with van der Waals surface area (Å²) in [6, 6.07) is 5.26. The van der Waals surface area contributed by atoms with Crippen molar-refractivity contribution in [3.63, 3.8) is 0 Å². The number of aryl methyl sites for hydroxylation is 1. The van der Waals surface area contributed by atoms with E-state index >= 15 is 0 Å². The molecule has 106 valence electrons. The quantitative estimate of drug-likeness (QED) is 0.829. The van der Waals surface area contributed by atoms with E-state index in [9.17, 15) is 4.79 Å². The molecular weight excluding hydrogens is 309 g/mol. The number of halogens is 3. The Bertz CT molecular complexity index is 458. The van der Waals surface area contributed by atoms with E-state index in [1.54, 1.807) is 18.2 Å². The lowest BCUT2D eigenvalue weighted by Gasteiger charge is -2.16. The van der Waals surface area contributed by atoms with Gasteiger partial charge in [-0.15, -0.1) is 0 Å². The molecule has 1 aromatic carbocycles. The van der Waals surface area contributed by atoms with E-state index < -0.39 is 9.70 Å². The van der Waals surface area contributed by atoms with E-state index in [2.05, 4.69) is 12.2 Å². The molecule has 0 aliphatic carbocycles. The molecule has 0 radical (unpaired) electrons. The highest BCUT2D eigenvalue weighted by atomic mass is 35.6. The average molecular weight is 325 g/mol. The van der Waals surface area contributed by atoms with Crippen LogP contribution in [-0.2, 0) is 4.79 Å². The molecule has 0 saturated heterocycles. The molecule has 0 aliphatic rings. The zero-order valence-electron chi connectivity index (χ0n) is 11.0. The lowest BCUT2D eigenvalue weighted by atomic mass is 10.2. The Kier molecular flexibility index (Phi) is 5.78. The van der Waals surface area contributed by atoms with Gasteiger partial charge in [-0.25, -0.2) is 0 Å². The van der Waals surface area contributed by atoms with Gasteiger partial charge in [0.2, 0.25) is 0 Å². The van der Waals surface area contributed by atoms with Gasteiger partial charge in [0, 0.05) is 5.69 Å². The van der Waals surface area contributed by atoms with Crippen LogP contribution in [0.4, 0.5) is 5.69 Å². The first-order valence-electron chi connectivity index (χ1n) is 5.89. The standard InChI is InChI=1S/C13H16Cl3NO2/c1-4-9(3)19-11-6-5-10(7-8(11)2)17-12(18)13(14,15)16/h5-7,9H,4H2,1-3H3,(H,17,18)/t9-/m0/s1. The van der Waals surface area contributed by atoms with Crippen molar-refractivity contribution in [1.82, 2.24) is 0 Å². The third kappa shape index (κ3) is 5.09. The maximum absolute atomic E-state index is 11.5. The molecule has 0 heterocycles. The molecule has 0 fully saturated rings. The van der Waals surface area contributed by atoms with Gasteiger partial charge in [0.15, 0.2) is 0 Å². The highest BCUT2D eigenvalue weighted by molar-refractivity contribution is 6.76. The van der Waals surface area contributed by atoms with Crippen LogP contribution in [-0.4, -0.2) is 15.8 Å². The summed E-state index contributed by atoms with van der Waals surface area (Å²) in [5.74, 6) is 0.0914. The van der Waals surface area contributed by atoms with Crippen LogP contribution < -0.4 is 10.1 Å². The summed E-state index contributed by atoms with van der Waals surface area (Å²) >= 11 is 16.5. The topological polar surface area (TPSA) is 38.3 Å². The second-order valence-corrected chi connectivity index (χ2v) is 6.55. The van der Waals surface area contributed by atoms with Crippen molar-refractivity contribution in [3.05, 3.63) is 23.8 Å². The fourth-order valence-corrected chi connectivity index (χ4v) is 1.50. The van der Waals surface area contributed by atoms with Gasteiger partial charge in [0.1, 0.15) is 5.75 Å². The lowest BCUT2D eigenvalue weighted by molar-refractivity contribution is -0.115. The smallest absolute Gasteiger partial charge is 0.276 e. The third-order valence-corrected chi connectivity index (χ3v) is 3.11. The van der Waals surface area contributed by atoms with Crippen molar-refractivity contribution in [1.29, 1.82) is 0 Å². The molecular formula is C13H16Cl3NO2. The van der Waals surface area contributed by atoms with Crippen molar-refractivity contribution in [2.24, 2.45) is 0 Å². The summed E-state index contributed by atoms with van der Waals surface area (Å²) < 4.78 is 3.76. The number of hydrogen-bond donors (Lipinski definition) is 1. The van der Waals surface area contributed by atoms with Gasteiger partial charge in [-0.3, -0.25) is 4.79 Å². The van der Waals surface area contributed by atoms with Crippen molar-refractivity contribution >= 4 is 46.4 Å². The van der Waals surface area contributed by atoms with Crippen LogP contribution in [0.25, 0.3) is 0 Å². The van der Waals surface area contributed by atoms with Crippen LogP contribution in [0.2, 0.25) is 0 Å². The second kappa shape index (κ2) is 6.69. The molecule has 1 N–H and O–H groups in total. The fourth-order valence-electron chi connectivity index (χ4n) is 1.36. The maximum Gasteiger partial charge on any atom is 0.276 e. The normalized spacial score (nSPS) is 12.9. The molecule has 0 unspecified atom stereocenters. The van der Waals surface area contributed by atoms with Crippen LogP contribution in [0.15, 0.2) is 18.2 Å². The Morgan fingerprint density at radius 1 is 1.42 bits per heavy atom. The van der Waals surface area contributed by atoms with Crippen LogP contribution in [0.5, 0.6) is 5.75 Å². The minimum atomic E-state index is -1.97. The number of amides is 1. The molecule has 0 aromatic heterocycles. The van der Waals surface area contributed by atoms with E-state index in [4.69, 9.17) is 39.5 Å². The summed E-state index contributed by atoms with van der Waals surface area (Å²) in [4.78, 5) is 11.5. The Balaban J connectivity index is 2.80. The number of alkyl halides is 3. The summed E-state index contributed by atoms with van der Waals surface area (Å²) in [7, 11) is 0. The van der Waals surface area contributed by atoms with Gasteiger partial charge >= 0.3 is 0 Å².